The molecule has 0 bridgehead atoms. The van der Waals surface area contributed by atoms with Gasteiger partial charge in [0.15, 0.2) is 6.29 Å². The molecule has 3 aromatic carbocycles. The van der Waals surface area contributed by atoms with E-state index in [1.54, 1.807) is 0 Å². The summed E-state index contributed by atoms with van der Waals surface area (Å²) in [6, 6.07) is 16.0. The Kier molecular flexibility index (Phi) is 6.48. The zero-order valence-electron chi connectivity index (χ0n) is 18.3. The van der Waals surface area contributed by atoms with E-state index >= 15 is 0 Å². The van der Waals surface area contributed by atoms with Crippen LogP contribution in [0.4, 0.5) is 0 Å². The van der Waals surface area contributed by atoms with Crippen molar-refractivity contribution in [1.82, 2.24) is 0 Å². The third-order valence-electron chi connectivity index (χ3n) is 6.20. The molecule has 0 amide bonds. The molecule has 1 atom stereocenters. The van der Waals surface area contributed by atoms with Crippen molar-refractivity contribution in [1.29, 1.82) is 0 Å². The van der Waals surface area contributed by atoms with Gasteiger partial charge in [-0.1, -0.05) is 68.8 Å². The molecule has 1 unspecified atom stereocenters. The van der Waals surface area contributed by atoms with Crippen LogP contribution >= 0.6 is 27.5 Å². The minimum absolute atomic E-state index is 0.142. The average Bonchev–Trinajstić information content (AvgIpc) is 2.69. The Hall–Kier alpha value is -1.68. The Morgan fingerprint density at radius 3 is 2.07 bits per heavy atom. The Labute approximate surface area is 192 Å². The first-order valence-corrected chi connectivity index (χ1v) is 11.2. The number of benzene rings is 3. The molecule has 0 aliphatic heterocycles. The smallest absolute Gasteiger partial charge is 0.153 e. The molecule has 0 radical (unpaired) electrons. The molecule has 0 aliphatic rings. The van der Waals surface area contributed by atoms with Gasteiger partial charge in [0.05, 0.1) is 5.60 Å². The predicted octanol–water partition coefficient (Wildman–Crippen LogP) is 8.31. The summed E-state index contributed by atoms with van der Waals surface area (Å²) in [5.74, 6) is 0. The lowest BCUT2D eigenvalue weighted by Crippen LogP contribution is -2.41. The second-order valence-electron chi connectivity index (χ2n) is 9.21. The van der Waals surface area contributed by atoms with Crippen molar-refractivity contribution in [2.45, 2.75) is 53.2 Å². The Morgan fingerprint density at radius 2 is 1.53 bits per heavy atom. The molecule has 0 heterocycles. The molecule has 0 N–H and O–H groups in total. The van der Waals surface area contributed by atoms with Gasteiger partial charge in [0, 0.05) is 15.1 Å². The number of aldehydes is 1. The van der Waals surface area contributed by atoms with Crippen molar-refractivity contribution in [3.8, 4) is 11.1 Å². The van der Waals surface area contributed by atoms with Crippen LogP contribution in [0.2, 0.25) is 5.02 Å². The molecule has 0 fully saturated rings. The molecule has 0 saturated heterocycles. The van der Waals surface area contributed by atoms with Crippen LogP contribution in [0.15, 0.2) is 53.0 Å². The topological polar surface area (TPSA) is 26.3 Å². The molecule has 3 aromatic rings. The van der Waals surface area contributed by atoms with Crippen molar-refractivity contribution in [3.63, 3.8) is 0 Å². The lowest BCUT2D eigenvalue weighted by Gasteiger charge is -2.41. The van der Waals surface area contributed by atoms with Crippen LogP contribution in [0.1, 0.15) is 51.8 Å². The van der Waals surface area contributed by atoms with E-state index in [2.05, 4.69) is 48.8 Å². The average molecular weight is 488 g/mol. The zero-order chi connectivity index (χ0) is 22.3. The Bertz CT molecular complexity index is 1080. The van der Waals surface area contributed by atoms with E-state index < -0.39 is 11.7 Å². The van der Waals surface area contributed by atoms with Crippen LogP contribution in [0, 0.1) is 12.3 Å². The summed E-state index contributed by atoms with van der Waals surface area (Å²) >= 11 is 9.93. The number of carbonyl (C=O) groups excluding carboxylic acids is 1. The summed E-state index contributed by atoms with van der Waals surface area (Å²) < 4.78 is 7.47. The Morgan fingerprint density at radius 1 is 0.967 bits per heavy atom. The maximum absolute atomic E-state index is 12.4. The molecule has 2 nitrogen and oxygen atoms in total. The second-order valence-corrected chi connectivity index (χ2v) is 10.4. The summed E-state index contributed by atoms with van der Waals surface area (Å²) in [7, 11) is 0. The summed E-state index contributed by atoms with van der Waals surface area (Å²) in [6.07, 6.45) is 0.210. The largest absolute Gasteiger partial charge is 0.360 e. The van der Waals surface area contributed by atoms with E-state index in [1.165, 1.54) is 0 Å². The molecule has 30 heavy (non-hydrogen) atoms. The Balaban J connectivity index is 2.35. The van der Waals surface area contributed by atoms with Gasteiger partial charge in [0.25, 0.3) is 0 Å². The third kappa shape index (κ3) is 4.21. The highest BCUT2D eigenvalue weighted by Gasteiger charge is 2.37. The highest BCUT2D eigenvalue weighted by atomic mass is 79.9. The van der Waals surface area contributed by atoms with Gasteiger partial charge >= 0.3 is 0 Å². The van der Waals surface area contributed by atoms with Gasteiger partial charge in [-0.25, -0.2) is 0 Å². The number of carbonyl (C=O) groups is 1. The van der Waals surface area contributed by atoms with Crippen LogP contribution < -0.4 is 0 Å². The van der Waals surface area contributed by atoms with E-state index in [0.717, 1.165) is 43.8 Å². The molecular weight excluding hydrogens is 460 g/mol. The van der Waals surface area contributed by atoms with Crippen LogP contribution in [0.3, 0.4) is 0 Å². The highest BCUT2D eigenvalue weighted by Crippen LogP contribution is 2.45. The quantitative estimate of drug-likeness (QED) is 0.338. The third-order valence-corrected chi connectivity index (χ3v) is 7.48. The minimum Gasteiger partial charge on any atom is -0.360 e. The van der Waals surface area contributed by atoms with Gasteiger partial charge in [-0.2, -0.15) is 0 Å². The molecular formula is C26H28BrClO2. The number of halogens is 2. The van der Waals surface area contributed by atoms with Gasteiger partial charge in [-0.3, -0.25) is 0 Å². The molecule has 4 heteroatoms. The maximum Gasteiger partial charge on any atom is 0.153 e. The van der Waals surface area contributed by atoms with E-state index in [9.17, 15) is 4.79 Å². The number of hydrogen-bond acceptors (Lipinski definition) is 2. The first-order valence-electron chi connectivity index (χ1n) is 10.1. The SMILES string of the molecule is Cc1c(C(C=O)OC(C)(C)C(C)(C)C)c(-c2ccc(Cl)cc2)c2ccccc2c1Br. The van der Waals surface area contributed by atoms with Crippen molar-refractivity contribution in [3.05, 3.63) is 69.2 Å². The van der Waals surface area contributed by atoms with Crippen LogP contribution in [0.5, 0.6) is 0 Å². The van der Waals surface area contributed by atoms with Crippen molar-refractivity contribution >= 4 is 44.6 Å². The van der Waals surface area contributed by atoms with Crippen LogP contribution in [-0.2, 0) is 9.53 Å². The first-order chi connectivity index (χ1) is 14.0. The van der Waals surface area contributed by atoms with Gasteiger partial charge in [0.1, 0.15) is 6.10 Å². The van der Waals surface area contributed by atoms with Gasteiger partial charge in [-0.05, 0) is 81.7 Å². The minimum atomic E-state index is -0.703. The standard InChI is InChI=1S/C26H28BrClO2/c1-16-22(21(15-29)30-26(5,6)25(2,3)4)23(17-11-13-18(28)14-12-17)19-9-7-8-10-20(19)24(16)27/h7-15,21H,1-6H3. The zero-order valence-corrected chi connectivity index (χ0v) is 20.7. The van der Waals surface area contributed by atoms with Gasteiger partial charge in [0.2, 0.25) is 0 Å². The van der Waals surface area contributed by atoms with Gasteiger partial charge in [-0.15, -0.1) is 0 Å². The number of fused-ring (bicyclic) bond motifs is 1. The number of rotatable bonds is 5. The predicted molar refractivity (Wildman–Crippen MR) is 130 cm³/mol. The fourth-order valence-corrected chi connectivity index (χ4v) is 4.16. The molecule has 0 spiro atoms. The first kappa shape index (κ1) is 23.0. The highest BCUT2D eigenvalue weighted by molar-refractivity contribution is 9.10. The number of hydrogen-bond donors (Lipinski definition) is 0. The van der Waals surface area contributed by atoms with E-state index in [1.807, 2.05) is 57.2 Å². The monoisotopic (exact) mass is 486 g/mol. The van der Waals surface area contributed by atoms with Crippen LogP contribution in [0.25, 0.3) is 21.9 Å². The maximum atomic E-state index is 12.4. The van der Waals surface area contributed by atoms with E-state index in [0.29, 0.717) is 5.02 Å². The molecule has 158 valence electrons. The molecule has 3 rings (SSSR count). The fraction of sp³-hybridized carbons (Fsp3) is 0.346. The van der Waals surface area contributed by atoms with E-state index in [4.69, 9.17) is 16.3 Å². The second kappa shape index (κ2) is 8.45. The summed E-state index contributed by atoms with van der Waals surface area (Å²) in [6.45, 7) is 12.5. The lowest BCUT2D eigenvalue weighted by atomic mass is 9.78. The molecule has 0 saturated carbocycles. The number of ether oxygens (including phenoxy) is 1. The van der Waals surface area contributed by atoms with E-state index in [-0.39, 0.29) is 5.41 Å². The summed E-state index contributed by atoms with van der Waals surface area (Å²) in [5, 5.41) is 2.84. The summed E-state index contributed by atoms with van der Waals surface area (Å²) in [4.78, 5) is 12.4. The van der Waals surface area contributed by atoms with Crippen molar-refractivity contribution < 1.29 is 9.53 Å². The molecule has 0 aromatic heterocycles. The van der Waals surface area contributed by atoms with Crippen molar-refractivity contribution in [2.75, 3.05) is 0 Å². The van der Waals surface area contributed by atoms with Crippen LogP contribution in [-0.4, -0.2) is 11.9 Å². The normalized spacial score (nSPS) is 13.5. The molecule has 0 aliphatic carbocycles. The van der Waals surface area contributed by atoms with Crippen molar-refractivity contribution in [2.24, 2.45) is 5.41 Å². The lowest BCUT2D eigenvalue weighted by molar-refractivity contribution is -0.148. The summed E-state index contributed by atoms with van der Waals surface area (Å²) in [5.41, 5.74) is 3.24. The van der Waals surface area contributed by atoms with Gasteiger partial charge < -0.3 is 9.53 Å². The fourth-order valence-electron chi connectivity index (χ4n) is 3.48.